The van der Waals surface area contributed by atoms with Crippen molar-refractivity contribution in [2.24, 2.45) is 0 Å². The van der Waals surface area contributed by atoms with E-state index in [9.17, 15) is 14.9 Å². The third-order valence-electron chi connectivity index (χ3n) is 2.37. The average Bonchev–Trinajstić information content (AvgIpc) is 2.26. The molecule has 0 aliphatic carbocycles. The van der Waals surface area contributed by atoms with Crippen molar-refractivity contribution in [1.82, 2.24) is 10.3 Å². The fourth-order valence-corrected chi connectivity index (χ4v) is 1.60. The number of nitro groups is 1. The van der Waals surface area contributed by atoms with Gasteiger partial charge in [-0.3, -0.25) is 14.9 Å². The first-order valence-corrected chi connectivity index (χ1v) is 6.36. The highest BCUT2D eigenvalue weighted by Gasteiger charge is 2.16. The van der Waals surface area contributed by atoms with E-state index >= 15 is 0 Å². The number of amides is 1. The molecule has 1 amide bonds. The number of nitrogens with one attached hydrogen (secondary N) is 2. The predicted molar refractivity (Wildman–Crippen MR) is 76.6 cm³/mol. The molecule has 0 bridgehead atoms. The molecule has 7 nitrogen and oxygen atoms in total. The molecule has 0 aromatic carbocycles. The van der Waals surface area contributed by atoms with Crippen molar-refractivity contribution in [3.05, 3.63) is 27.9 Å². The number of anilines is 1. The normalized spacial score (nSPS) is 11.0. The second-order valence-electron chi connectivity index (χ2n) is 5.55. The maximum Gasteiger partial charge on any atom is 0.311 e. The van der Waals surface area contributed by atoms with Crippen LogP contribution in [0.5, 0.6) is 0 Å². The number of rotatable bonds is 5. The van der Waals surface area contributed by atoms with Crippen molar-refractivity contribution in [1.29, 1.82) is 0 Å². The molecule has 0 radical (unpaired) electrons. The molecule has 20 heavy (non-hydrogen) atoms. The minimum Gasteiger partial charge on any atom is -0.364 e. The highest BCUT2D eigenvalue weighted by atomic mass is 16.6. The van der Waals surface area contributed by atoms with Crippen LogP contribution in [0.25, 0.3) is 0 Å². The lowest BCUT2D eigenvalue weighted by atomic mass is 10.1. The number of hydrogen-bond acceptors (Lipinski definition) is 5. The van der Waals surface area contributed by atoms with E-state index in [2.05, 4.69) is 15.6 Å². The number of pyridine rings is 1. The van der Waals surface area contributed by atoms with E-state index in [-0.39, 0.29) is 29.4 Å². The van der Waals surface area contributed by atoms with Gasteiger partial charge < -0.3 is 10.6 Å². The lowest BCUT2D eigenvalue weighted by molar-refractivity contribution is -0.384. The summed E-state index contributed by atoms with van der Waals surface area (Å²) in [5.41, 5.74) is 0.300. The third-order valence-corrected chi connectivity index (χ3v) is 2.37. The molecule has 1 aromatic heterocycles. The largest absolute Gasteiger partial charge is 0.364 e. The van der Waals surface area contributed by atoms with E-state index in [1.807, 2.05) is 20.8 Å². The number of carbonyl (C=O) groups is 1. The summed E-state index contributed by atoms with van der Waals surface area (Å²) in [6.45, 7) is 7.72. The molecule has 0 saturated carbocycles. The van der Waals surface area contributed by atoms with Gasteiger partial charge in [-0.25, -0.2) is 4.98 Å². The van der Waals surface area contributed by atoms with Crippen molar-refractivity contribution in [2.75, 3.05) is 11.9 Å². The Morgan fingerprint density at radius 3 is 2.60 bits per heavy atom. The van der Waals surface area contributed by atoms with Gasteiger partial charge in [-0.1, -0.05) is 0 Å². The molecule has 0 atom stereocenters. The van der Waals surface area contributed by atoms with Crippen LogP contribution in [0.2, 0.25) is 0 Å². The van der Waals surface area contributed by atoms with Crippen molar-refractivity contribution in [2.45, 2.75) is 39.7 Å². The van der Waals surface area contributed by atoms with Crippen molar-refractivity contribution >= 4 is 17.4 Å². The summed E-state index contributed by atoms with van der Waals surface area (Å²) >= 11 is 0. The van der Waals surface area contributed by atoms with E-state index in [4.69, 9.17) is 0 Å². The van der Waals surface area contributed by atoms with Crippen LogP contribution in [0.15, 0.2) is 12.1 Å². The molecule has 0 aliphatic heterocycles. The molecule has 2 N–H and O–H groups in total. The van der Waals surface area contributed by atoms with Gasteiger partial charge in [-0.05, 0) is 33.8 Å². The summed E-state index contributed by atoms with van der Waals surface area (Å²) in [6.07, 6.45) is 0.226. The zero-order chi connectivity index (χ0) is 15.3. The quantitative estimate of drug-likeness (QED) is 0.635. The third kappa shape index (κ3) is 5.21. The Hall–Kier alpha value is -2.18. The summed E-state index contributed by atoms with van der Waals surface area (Å²) in [5, 5.41) is 16.5. The zero-order valence-electron chi connectivity index (χ0n) is 12.2. The molecule has 110 valence electrons. The van der Waals surface area contributed by atoms with Crippen molar-refractivity contribution in [3.63, 3.8) is 0 Å². The zero-order valence-corrected chi connectivity index (χ0v) is 12.2. The molecule has 1 aromatic rings. The Kier molecular flexibility index (Phi) is 5.01. The van der Waals surface area contributed by atoms with Gasteiger partial charge >= 0.3 is 5.69 Å². The Labute approximate surface area is 117 Å². The molecule has 0 spiro atoms. The first kappa shape index (κ1) is 15.9. The standard InChI is InChI=1S/C13H20N4O3/c1-9-5-6-10(17(19)20)12(15-9)14-8-7-11(18)16-13(2,3)4/h5-6H,7-8H2,1-4H3,(H,14,15)(H,16,18). The summed E-state index contributed by atoms with van der Waals surface area (Å²) in [6, 6.07) is 2.98. The van der Waals surface area contributed by atoms with Gasteiger partial charge in [-0.2, -0.15) is 0 Å². The van der Waals surface area contributed by atoms with Crippen LogP contribution < -0.4 is 10.6 Å². The lowest BCUT2D eigenvalue weighted by Gasteiger charge is -2.20. The van der Waals surface area contributed by atoms with Gasteiger partial charge in [0.25, 0.3) is 0 Å². The van der Waals surface area contributed by atoms with Crippen molar-refractivity contribution < 1.29 is 9.72 Å². The van der Waals surface area contributed by atoms with Gasteiger partial charge in [-0.15, -0.1) is 0 Å². The monoisotopic (exact) mass is 280 g/mol. The molecule has 0 aliphatic rings. The van der Waals surface area contributed by atoms with Crippen LogP contribution >= 0.6 is 0 Å². The number of carbonyl (C=O) groups excluding carboxylic acids is 1. The number of nitrogens with zero attached hydrogens (tertiary/aromatic N) is 2. The van der Waals surface area contributed by atoms with Gasteiger partial charge in [0.2, 0.25) is 11.7 Å². The molecule has 1 rings (SSSR count). The highest BCUT2D eigenvalue weighted by Crippen LogP contribution is 2.21. The maximum atomic E-state index is 11.6. The predicted octanol–water partition coefficient (Wildman–Crippen LogP) is 2.01. The summed E-state index contributed by atoms with van der Waals surface area (Å²) in [7, 11) is 0. The molecule has 0 fully saturated rings. The average molecular weight is 280 g/mol. The topological polar surface area (TPSA) is 97.2 Å². The number of aromatic nitrogens is 1. The van der Waals surface area contributed by atoms with Crippen LogP contribution in [0.3, 0.4) is 0 Å². The van der Waals surface area contributed by atoms with Gasteiger partial charge in [0, 0.05) is 30.3 Å². The summed E-state index contributed by atoms with van der Waals surface area (Å²) in [4.78, 5) is 26.1. The molecule has 0 unspecified atom stereocenters. The first-order valence-electron chi connectivity index (χ1n) is 6.36. The van der Waals surface area contributed by atoms with E-state index < -0.39 is 4.92 Å². The minimum atomic E-state index is -0.496. The Bertz CT molecular complexity index is 509. The van der Waals surface area contributed by atoms with Gasteiger partial charge in [0.15, 0.2) is 0 Å². The number of aryl methyl sites for hydroxylation is 1. The molecular formula is C13H20N4O3. The summed E-state index contributed by atoms with van der Waals surface area (Å²) in [5.74, 6) is 0.0823. The number of hydrogen-bond donors (Lipinski definition) is 2. The minimum absolute atomic E-state index is 0.0909. The molecular weight excluding hydrogens is 260 g/mol. The van der Waals surface area contributed by atoms with Crippen LogP contribution in [-0.4, -0.2) is 27.9 Å². The van der Waals surface area contributed by atoms with Crippen LogP contribution in [0, 0.1) is 17.0 Å². The molecule has 1 heterocycles. The fourth-order valence-electron chi connectivity index (χ4n) is 1.60. The smallest absolute Gasteiger partial charge is 0.311 e. The Morgan fingerprint density at radius 1 is 1.40 bits per heavy atom. The Balaban J connectivity index is 2.60. The van der Waals surface area contributed by atoms with Crippen molar-refractivity contribution in [3.8, 4) is 0 Å². The molecule has 0 saturated heterocycles. The van der Waals surface area contributed by atoms with E-state index in [0.717, 1.165) is 0 Å². The van der Waals surface area contributed by atoms with E-state index in [1.165, 1.54) is 6.07 Å². The molecule has 7 heteroatoms. The van der Waals surface area contributed by atoms with Crippen LogP contribution in [0.4, 0.5) is 11.5 Å². The second kappa shape index (κ2) is 6.31. The van der Waals surface area contributed by atoms with Gasteiger partial charge in [0.05, 0.1) is 4.92 Å². The lowest BCUT2D eigenvalue weighted by Crippen LogP contribution is -2.41. The summed E-state index contributed by atoms with van der Waals surface area (Å²) < 4.78 is 0. The SMILES string of the molecule is Cc1ccc([N+](=O)[O-])c(NCCC(=O)NC(C)(C)C)n1. The Morgan fingerprint density at radius 2 is 2.05 bits per heavy atom. The maximum absolute atomic E-state index is 11.6. The van der Waals surface area contributed by atoms with Gasteiger partial charge in [0.1, 0.15) is 0 Å². The highest BCUT2D eigenvalue weighted by molar-refractivity contribution is 5.77. The first-order chi connectivity index (χ1) is 9.19. The second-order valence-corrected chi connectivity index (χ2v) is 5.55. The van der Waals surface area contributed by atoms with E-state index in [0.29, 0.717) is 12.2 Å². The fraction of sp³-hybridized carbons (Fsp3) is 0.538. The van der Waals surface area contributed by atoms with Crippen LogP contribution in [-0.2, 0) is 4.79 Å². The van der Waals surface area contributed by atoms with E-state index in [1.54, 1.807) is 13.0 Å². The van der Waals surface area contributed by atoms with Crippen LogP contribution in [0.1, 0.15) is 32.9 Å².